The van der Waals surface area contributed by atoms with Crippen molar-refractivity contribution in [3.05, 3.63) is 54.1 Å². The zero-order chi connectivity index (χ0) is 19.7. The first-order valence-corrected chi connectivity index (χ1v) is 10.3. The number of carbonyl (C=O) groups excluding carboxylic acids is 1. The van der Waals surface area contributed by atoms with E-state index >= 15 is 0 Å². The van der Waals surface area contributed by atoms with Crippen molar-refractivity contribution in [2.75, 3.05) is 26.2 Å². The van der Waals surface area contributed by atoms with Crippen LogP contribution >= 0.6 is 0 Å². The molecule has 1 aromatic carbocycles. The SMILES string of the molecule is CC(C)(C)c1ccc(S(=O)(=O)N2CCN(C(=O)c3cnccn3)CC2)cc1. The van der Waals surface area contributed by atoms with E-state index in [4.69, 9.17) is 0 Å². The summed E-state index contributed by atoms with van der Waals surface area (Å²) in [6.07, 6.45) is 4.39. The molecule has 2 aromatic rings. The second-order valence-electron chi connectivity index (χ2n) is 7.56. The van der Waals surface area contributed by atoms with Crippen LogP contribution in [0.3, 0.4) is 0 Å². The lowest BCUT2D eigenvalue weighted by molar-refractivity contribution is 0.0691. The molecular weight excluding hydrogens is 364 g/mol. The molecule has 144 valence electrons. The number of nitrogens with zero attached hydrogens (tertiary/aromatic N) is 4. The van der Waals surface area contributed by atoms with Gasteiger partial charge in [-0.2, -0.15) is 4.31 Å². The monoisotopic (exact) mass is 388 g/mol. The zero-order valence-electron chi connectivity index (χ0n) is 15.8. The van der Waals surface area contributed by atoms with Crippen molar-refractivity contribution in [2.45, 2.75) is 31.1 Å². The van der Waals surface area contributed by atoms with Crippen molar-refractivity contribution in [3.63, 3.8) is 0 Å². The van der Waals surface area contributed by atoms with Gasteiger partial charge in [0.15, 0.2) is 0 Å². The van der Waals surface area contributed by atoms with Gasteiger partial charge in [0.1, 0.15) is 5.69 Å². The maximum Gasteiger partial charge on any atom is 0.274 e. The molecule has 2 heterocycles. The van der Waals surface area contributed by atoms with E-state index in [9.17, 15) is 13.2 Å². The molecule has 1 amide bonds. The number of carbonyl (C=O) groups is 1. The average molecular weight is 388 g/mol. The van der Waals surface area contributed by atoms with Crippen LogP contribution in [0.1, 0.15) is 36.8 Å². The lowest BCUT2D eigenvalue weighted by Gasteiger charge is -2.33. The minimum absolute atomic E-state index is 0.0331. The van der Waals surface area contributed by atoms with Crippen molar-refractivity contribution >= 4 is 15.9 Å². The van der Waals surface area contributed by atoms with Crippen molar-refractivity contribution in [2.24, 2.45) is 0 Å². The van der Waals surface area contributed by atoms with Gasteiger partial charge in [-0.3, -0.25) is 9.78 Å². The molecule has 7 nitrogen and oxygen atoms in total. The van der Waals surface area contributed by atoms with Crippen molar-refractivity contribution in [3.8, 4) is 0 Å². The van der Waals surface area contributed by atoms with Crippen LogP contribution in [0.15, 0.2) is 47.8 Å². The molecule has 0 unspecified atom stereocenters. The first-order chi connectivity index (χ1) is 12.7. The Kier molecular flexibility index (Phi) is 5.30. The third-order valence-corrected chi connectivity index (χ3v) is 6.58. The fourth-order valence-corrected chi connectivity index (χ4v) is 4.40. The molecule has 3 rings (SSSR count). The minimum Gasteiger partial charge on any atom is -0.335 e. The van der Waals surface area contributed by atoms with Crippen LogP contribution in [0.5, 0.6) is 0 Å². The van der Waals surface area contributed by atoms with E-state index in [1.807, 2.05) is 12.1 Å². The Morgan fingerprint density at radius 1 is 1.00 bits per heavy atom. The fourth-order valence-electron chi connectivity index (χ4n) is 2.98. The predicted molar refractivity (Wildman–Crippen MR) is 102 cm³/mol. The molecule has 0 atom stereocenters. The minimum atomic E-state index is -3.57. The Hall–Kier alpha value is -2.32. The molecule has 27 heavy (non-hydrogen) atoms. The maximum atomic E-state index is 12.9. The van der Waals surface area contributed by atoms with Crippen LogP contribution in [-0.2, 0) is 15.4 Å². The number of hydrogen-bond donors (Lipinski definition) is 0. The molecule has 0 N–H and O–H groups in total. The lowest BCUT2D eigenvalue weighted by Crippen LogP contribution is -2.50. The average Bonchev–Trinajstić information content (AvgIpc) is 2.67. The third-order valence-electron chi connectivity index (χ3n) is 4.67. The molecule has 0 radical (unpaired) electrons. The summed E-state index contributed by atoms with van der Waals surface area (Å²) in [6.45, 7) is 7.44. The van der Waals surface area contributed by atoms with Gasteiger partial charge in [0.2, 0.25) is 10.0 Å². The van der Waals surface area contributed by atoms with Gasteiger partial charge in [-0.15, -0.1) is 0 Å². The summed E-state index contributed by atoms with van der Waals surface area (Å²) >= 11 is 0. The van der Waals surface area contributed by atoms with E-state index in [2.05, 4.69) is 30.7 Å². The number of benzene rings is 1. The van der Waals surface area contributed by atoms with Gasteiger partial charge in [-0.1, -0.05) is 32.9 Å². The van der Waals surface area contributed by atoms with Gasteiger partial charge in [-0.25, -0.2) is 13.4 Å². The fraction of sp³-hybridized carbons (Fsp3) is 0.421. The summed E-state index contributed by atoms with van der Waals surface area (Å²) < 4.78 is 27.2. The molecule has 1 fully saturated rings. The summed E-state index contributed by atoms with van der Waals surface area (Å²) in [6, 6.07) is 7.04. The van der Waals surface area contributed by atoms with E-state index < -0.39 is 10.0 Å². The molecule has 0 bridgehead atoms. The Morgan fingerprint density at radius 2 is 1.63 bits per heavy atom. The molecule has 1 aliphatic heterocycles. The predicted octanol–water partition coefficient (Wildman–Crippen LogP) is 1.92. The van der Waals surface area contributed by atoms with Gasteiger partial charge in [0, 0.05) is 38.6 Å². The summed E-state index contributed by atoms with van der Waals surface area (Å²) in [4.78, 5) is 22.2. The Morgan fingerprint density at radius 3 is 2.15 bits per heavy atom. The molecule has 0 saturated carbocycles. The van der Waals surface area contributed by atoms with E-state index in [1.54, 1.807) is 17.0 Å². The van der Waals surface area contributed by atoms with Gasteiger partial charge in [0.05, 0.1) is 11.1 Å². The summed E-state index contributed by atoms with van der Waals surface area (Å²) in [7, 11) is -3.57. The third kappa shape index (κ3) is 4.17. The highest BCUT2D eigenvalue weighted by molar-refractivity contribution is 7.89. The topological polar surface area (TPSA) is 83.5 Å². The van der Waals surface area contributed by atoms with Gasteiger partial charge in [0.25, 0.3) is 5.91 Å². The number of rotatable bonds is 3. The Bertz CT molecular complexity index is 898. The van der Waals surface area contributed by atoms with E-state index in [0.29, 0.717) is 13.1 Å². The molecule has 0 aliphatic carbocycles. The number of amides is 1. The second kappa shape index (κ2) is 7.36. The normalized spacial score (nSPS) is 16.3. The van der Waals surface area contributed by atoms with Crippen LogP contribution in [0, 0.1) is 0 Å². The lowest BCUT2D eigenvalue weighted by atomic mass is 9.87. The highest BCUT2D eigenvalue weighted by atomic mass is 32.2. The van der Waals surface area contributed by atoms with E-state index in [0.717, 1.165) is 5.56 Å². The molecule has 1 saturated heterocycles. The maximum absolute atomic E-state index is 12.9. The molecule has 8 heteroatoms. The Labute approximate surface area is 160 Å². The number of hydrogen-bond acceptors (Lipinski definition) is 5. The van der Waals surface area contributed by atoms with E-state index in [1.165, 1.54) is 22.9 Å². The van der Waals surface area contributed by atoms with Gasteiger partial charge in [-0.05, 0) is 23.1 Å². The largest absolute Gasteiger partial charge is 0.335 e. The number of piperazine rings is 1. The molecule has 1 aliphatic rings. The van der Waals surface area contributed by atoms with Crippen LogP contribution in [0.2, 0.25) is 0 Å². The second-order valence-corrected chi connectivity index (χ2v) is 9.50. The molecule has 0 spiro atoms. The van der Waals surface area contributed by atoms with Crippen LogP contribution in [-0.4, -0.2) is 59.7 Å². The zero-order valence-corrected chi connectivity index (χ0v) is 16.6. The quantitative estimate of drug-likeness (QED) is 0.802. The summed E-state index contributed by atoms with van der Waals surface area (Å²) in [5.74, 6) is -0.227. The first-order valence-electron chi connectivity index (χ1n) is 8.85. The van der Waals surface area contributed by atoms with Gasteiger partial charge < -0.3 is 4.90 Å². The molecule has 1 aromatic heterocycles. The summed E-state index contributed by atoms with van der Waals surface area (Å²) in [5.41, 5.74) is 1.32. The van der Waals surface area contributed by atoms with Crippen molar-refractivity contribution in [1.82, 2.24) is 19.2 Å². The Balaban J connectivity index is 1.69. The smallest absolute Gasteiger partial charge is 0.274 e. The molecular formula is C19H24N4O3S. The first kappa shape index (κ1) is 19.4. The highest BCUT2D eigenvalue weighted by Gasteiger charge is 2.31. The van der Waals surface area contributed by atoms with E-state index in [-0.39, 0.29) is 35.0 Å². The van der Waals surface area contributed by atoms with Crippen molar-refractivity contribution in [1.29, 1.82) is 0 Å². The number of aromatic nitrogens is 2. The standard InChI is InChI=1S/C19H24N4O3S/c1-19(2,3)15-4-6-16(7-5-15)27(25,26)23-12-10-22(11-13-23)18(24)17-14-20-8-9-21-17/h4-9,14H,10-13H2,1-3H3. The van der Waals surface area contributed by atoms with Crippen LogP contribution in [0.4, 0.5) is 0 Å². The van der Waals surface area contributed by atoms with Crippen molar-refractivity contribution < 1.29 is 13.2 Å². The number of sulfonamides is 1. The van der Waals surface area contributed by atoms with Gasteiger partial charge >= 0.3 is 0 Å². The highest BCUT2D eigenvalue weighted by Crippen LogP contribution is 2.25. The summed E-state index contributed by atoms with van der Waals surface area (Å²) in [5, 5.41) is 0. The van der Waals surface area contributed by atoms with Crippen LogP contribution < -0.4 is 0 Å². The van der Waals surface area contributed by atoms with Crippen LogP contribution in [0.25, 0.3) is 0 Å².